The molecule has 0 saturated heterocycles. The van der Waals surface area contributed by atoms with Gasteiger partial charge in [0.1, 0.15) is 13.9 Å². The van der Waals surface area contributed by atoms with E-state index in [0.29, 0.717) is 0 Å². The molecule has 0 aliphatic carbocycles. The molecule has 1 rings (SSSR count). The summed E-state index contributed by atoms with van der Waals surface area (Å²) < 4.78 is 0. The molecule has 3 heteroatoms. The lowest BCUT2D eigenvalue weighted by atomic mass is 10.00. The Morgan fingerprint density at radius 1 is 1.18 bits per heavy atom. The number of rotatable bonds is 1. The summed E-state index contributed by atoms with van der Waals surface area (Å²) in [6.07, 6.45) is 0. The Bertz CT molecular complexity index is 513. The minimum atomic E-state index is -1.34. The lowest BCUT2D eigenvalue weighted by Gasteiger charge is -2.08. The van der Waals surface area contributed by atoms with Gasteiger partial charge >= 0.3 is 0 Å². The zero-order valence-corrected chi connectivity index (χ0v) is 12.2. The topological polar surface area (TPSA) is 49.9 Å². The summed E-state index contributed by atoms with van der Waals surface area (Å²) in [5.74, 6) is 3.38. The normalized spacial score (nSPS) is 10.6. The van der Waals surface area contributed by atoms with Gasteiger partial charge < -0.3 is 5.73 Å². The van der Waals surface area contributed by atoms with Crippen LogP contribution in [-0.4, -0.2) is 13.9 Å². The Morgan fingerprint density at radius 3 is 2.24 bits per heavy atom. The second kappa shape index (κ2) is 4.76. The van der Waals surface area contributed by atoms with E-state index in [4.69, 9.17) is 11.1 Å². The Balaban J connectivity index is 3.25. The molecule has 0 heterocycles. The van der Waals surface area contributed by atoms with Crippen LogP contribution in [0.3, 0.4) is 0 Å². The average Bonchev–Trinajstić information content (AvgIpc) is 2.17. The second-order valence-corrected chi connectivity index (χ2v) is 10.1. The molecule has 0 spiro atoms. The van der Waals surface area contributed by atoms with Crippen molar-refractivity contribution in [1.29, 1.82) is 5.41 Å². The van der Waals surface area contributed by atoms with E-state index in [1.807, 2.05) is 26.0 Å². The third kappa shape index (κ3) is 3.76. The number of amidine groups is 1. The first kappa shape index (κ1) is 13.5. The smallest absolute Gasteiger partial charge is 0.129 e. The van der Waals surface area contributed by atoms with Crippen molar-refractivity contribution in [3.8, 4) is 11.5 Å². The molecular formula is C14H20N2Si. The number of hydrogen-bond acceptors (Lipinski definition) is 1. The number of nitrogens with one attached hydrogen (secondary N) is 1. The fraction of sp³-hybridized carbons (Fsp3) is 0.357. The van der Waals surface area contributed by atoms with Crippen molar-refractivity contribution in [3.63, 3.8) is 0 Å². The van der Waals surface area contributed by atoms with Crippen LogP contribution in [0.1, 0.15) is 22.3 Å². The molecule has 0 saturated carbocycles. The van der Waals surface area contributed by atoms with Gasteiger partial charge in [-0.3, -0.25) is 5.41 Å². The van der Waals surface area contributed by atoms with Crippen LogP contribution >= 0.6 is 0 Å². The van der Waals surface area contributed by atoms with Gasteiger partial charge in [0.2, 0.25) is 0 Å². The van der Waals surface area contributed by atoms with Crippen molar-refractivity contribution < 1.29 is 0 Å². The molecule has 3 N–H and O–H groups in total. The third-order valence-corrected chi connectivity index (χ3v) is 3.31. The van der Waals surface area contributed by atoms with E-state index < -0.39 is 8.07 Å². The number of hydrogen-bond donors (Lipinski definition) is 2. The zero-order chi connectivity index (χ0) is 13.2. The van der Waals surface area contributed by atoms with Gasteiger partial charge in [-0.15, -0.1) is 5.54 Å². The molecule has 2 nitrogen and oxygen atoms in total. The van der Waals surface area contributed by atoms with E-state index >= 15 is 0 Å². The van der Waals surface area contributed by atoms with E-state index in [1.165, 1.54) is 0 Å². The van der Waals surface area contributed by atoms with E-state index in [2.05, 4.69) is 31.1 Å². The molecule has 0 bridgehead atoms. The van der Waals surface area contributed by atoms with Gasteiger partial charge in [0.05, 0.1) is 0 Å². The highest BCUT2D eigenvalue weighted by atomic mass is 28.3. The molecule has 90 valence electrons. The molecular weight excluding hydrogens is 224 g/mol. The van der Waals surface area contributed by atoms with E-state index in [9.17, 15) is 0 Å². The summed E-state index contributed by atoms with van der Waals surface area (Å²) in [4.78, 5) is 0. The van der Waals surface area contributed by atoms with Gasteiger partial charge in [-0.25, -0.2) is 0 Å². The van der Waals surface area contributed by atoms with Gasteiger partial charge in [0, 0.05) is 11.1 Å². The van der Waals surface area contributed by atoms with Crippen LogP contribution < -0.4 is 5.73 Å². The van der Waals surface area contributed by atoms with Gasteiger partial charge in [-0.2, -0.15) is 0 Å². The third-order valence-electron chi connectivity index (χ3n) is 2.43. The van der Waals surface area contributed by atoms with Crippen molar-refractivity contribution >= 4 is 13.9 Å². The van der Waals surface area contributed by atoms with Crippen LogP contribution in [0.25, 0.3) is 0 Å². The first-order chi connectivity index (χ1) is 7.70. The van der Waals surface area contributed by atoms with Gasteiger partial charge in [0.15, 0.2) is 0 Å². The highest BCUT2D eigenvalue weighted by molar-refractivity contribution is 6.83. The molecule has 17 heavy (non-hydrogen) atoms. The first-order valence-corrected chi connectivity index (χ1v) is 9.19. The minimum absolute atomic E-state index is 0.121. The molecule has 0 aliphatic rings. The molecule has 0 amide bonds. The molecule has 0 unspecified atom stereocenters. The quantitative estimate of drug-likeness (QED) is 0.339. The number of benzene rings is 1. The van der Waals surface area contributed by atoms with E-state index in [1.54, 1.807) is 0 Å². The predicted molar refractivity (Wildman–Crippen MR) is 77.2 cm³/mol. The minimum Gasteiger partial charge on any atom is -0.384 e. The molecule has 0 atom stereocenters. The highest BCUT2D eigenvalue weighted by Crippen LogP contribution is 2.15. The van der Waals surface area contributed by atoms with Crippen LogP contribution in [0.4, 0.5) is 0 Å². The maximum atomic E-state index is 7.49. The SMILES string of the molecule is Cc1cc(C(=N)N)c(C)cc1C#C[Si](C)(C)C. The largest absolute Gasteiger partial charge is 0.384 e. The molecule has 0 aromatic heterocycles. The van der Waals surface area contributed by atoms with Crippen LogP contribution in [0, 0.1) is 30.7 Å². The summed E-state index contributed by atoms with van der Waals surface area (Å²) in [6, 6.07) is 3.98. The summed E-state index contributed by atoms with van der Waals surface area (Å²) in [6.45, 7) is 10.7. The van der Waals surface area contributed by atoms with Crippen molar-refractivity contribution in [2.45, 2.75) is 33.5 Å². The first-order valence-electron chi connectivity index (χ1n) is 5.69. The van der Waals surface area contributed by atoms with Crippen LogP contribution in [-0.2, 0) is 0 Å². The van der Waals surface area contributed by atoms with E-state index in [0.717, 1.165) is 22.3 Å². The molecule has 1 aromatic carbocycles. The highest BCUT2D eigenvalue weighted by Gasteiger charge is 2.09. The van der Waals surface area contributed by atoms with Crippen molar-refractivity contribution in [3.05, 3.63) is 34.4 Å². The second-order valence-electron chi connectivity index (χ2n) is 5.40. The average molecular weight is 244 g/mol. The monoisotopic (exact) mass is 244 g/mol. The van der Waals surface area contributed by atoms with Crippen molar-refractivity contribution in [1.82, 2.24) is 0 Å². The fourth-order valence-electron chi connectivity index (χ4n) is 1.50. The standard InChI is InChI=1S/C14H20N2Si/c1-10-9-13(14(15)16)11(2)8-12(10)6-7-17(3,4)5/h8-9H,1-5H3,(H3,15,16). The number of nitrogens with two attached hydrogens (primary N) is 1. The summed E-state index contributed by atoms with van der Waals surface area (Å²) >= 11 is 0. The summed E-state index contributed by atoms with van der Waals surface area (Å²) in [5.41, 5.74) is 12.9. The number of aryl methyl sites for hydroxylation is 2. The molecule has 1 aromatic rings. The van der Waals surface area contributed by atoms with E-state index in [-0.39, 0.29) is 5.84 Å². The van der Waals surface area contributed by atoms with Gasteiger partial charge in [-0.05, 0) is 37.1 Å². The Morgan fingerprint density at radius 2 is 1.76 bits per heavy atom. The van der Waals surface area contributed by atoms with Crippen molar-refractivity contribution in [2.75, 3.05) is 0 Å². The fourth-order valence-corrected chi connectivity index (χ4v) is 2.01. The molecule has 0 radical (unpaired) electrons. The lowest BCUT2D eigenvalue weighted by Crippen LogP contribution is -2.16. The van der Waals surface area contributed by atoms with Crippen LogP contribution in [0.5, 0.6) is 0 Å². The maximum absolute atomic E-state index is 7.49. The van der Waals surface area contributed by atoms with Crippen LogP contribution in [0.2, 0.25) is 19.6 Å². The maximum Gasteiger partial charge on any atom is 0.129 e. The molecule has 0 aliphatic heterocycles. The Labute approximate surface area is 105 Å². The predicted octanol–water partition coefficient (Wildman–Crippen LogP) is 2.82. The zero-order valence-electron chi connectivity index (χ0n) is 11.2. The summed E-state index contributed by atoms with van der Waals surface area (Å²) in [5, 5.41) is 7.49. The Hall–Kier alpha value is -1.53. The lowest BCUT2D eigenvalue weighted by molar-refractivity contribution is 1.32. The van der Waals surface area contributed by atoms with Gasteiger partial charge in [-0.1, -0.05) is 25.6 Å². The summed E-state index contributed by atoms with van der Waals surface area (Å²) in [7, 11) is -1.34. The van der Waals surface area contributed by atoms with Crippen LogP contribution in [0.15, 0.2) is 12.1 Å². The Kier molecular flexibility index (Phi) is 3.79. The number of nitrogen functional groups attached to an aromatic ring is 1. The van der Waals surface area contributed by atoms with Gasteiger partial charge in [0.25, 0.3) is 0 Å². The molecule has 0 fully saturated rings. The van der Waals surface area contributed by atoms with Crippen molar-refractivity contribution in [2.24, 2.45) is 5.73 Å².